The summed E-state index contributed by atoms with van der Waals surface area (Å²) < 4.78 is 0. The Morgan fingerprint density at radius 1 is 0.560 bits per heavy atom. The molecule has 2 aliphatic rings. The van der Waals surface area contributed by atoms with Crippen molar-refractivity contribution in [3.8, 4) is 0 Å². The van der Waals surface area contributed by atoms with Crippen molar-refractivity contribution in [1.29, 1.82) is 0 Å². The Balaban J connectivity index is 1.26. The molecule has 0 spiro atoms. The molecule has 10 atom stereocenters. The van der Waals surface area contributed by atoms with E-state index in [0.29, 0.717) is 30.4 Å². The lowest BCUT2D eigenvalue weighted by Gasteiger charge is -2.33. The number of rotatable bonds is 37. The number of nitrogens with one attached hydrogen (secondary N) is 7. The van der Waals surface area contributed by atoms with Gasteiger partial charge >= 0.3 is 5.97 Å². The lowest BCUT2D eigenvalue weighted by atomic mass is 10.0. The summed E-state index contributed by atoms with van der Waals surface area (Å²) in [6, 6.07) is 15.6. The maximum Gasteiger partial charge on any atom is 0.320 e. The van der Waals surface area contributed by atoms with Gasteiger partial charge in [0.05, 0.1) is 25.3 Å². The van der Waals surface area contributed by atoms with Crippen molar-refractivity contribution in [2.45, 2.75) is 138 Å². The number of hydrogen-bond acceptors (Lipinski definition) is 16. The second kappa shape index (κ2) is 37.5. The lowest BCUT2D eigenvalue weighted by molar-refractivity contribution is -0.148. The zero-order valence-corrected chi connectivity index (χ0v) is 50.9. The highest BCUT2D eigenvalue weighted by Gasteiger charge is 2.46. The summed E-state index contributed by atoms with van der Waals surface area (Å²) in [6.45, 7) is -1.29. The standard InChI is InChI=1S/C60H89N19O12/c61-41(20-10-24-68-58(62)63)50(83)75-42(21-11-25-69-59(64)65)55(88)78-27-13-23-47(78)56(89)79-34-40(81)31-48(79)54(87)72-33-49(82)74-44(29-37-16-6-2-7-17-37)52(85)77-46(35-80)53(86)76-45(30-38-18-8-3-9-19-38)51(84)73-39(28-36-14-4-1-5-15-36)32-71-43(57(90)91)22-12-26-70-60(66)67/h1-9,14-19,39-48,71,80-81H,10-13,20-35,61H2,(H,72,87)(H,73,84)(H,74,82)(H,75,83)(H,76,86)(H,77,85)(H,90,91)(H4,62,63,68)(H4,64,65,69)(H4,66,67,70)/t39-,40+,41+,42-,43-,44-,45+,46-,47-,48-/m0/s1. The molecule has 0 aliphatic carbocycles. The average Bonchev–Trinajstić information content (AvgIpc) is 1.77. The van der Waals surface area contributed by atoms with Crippen molar-refractivity contribution in [1.82, 2.24) is 47.0 Å². The Labute approximate surface area is 527 Å². The number of carbonyl (C=O) groups excluding carboxylic acids is 8. The van der Waals surface area contributed by atoms with E-state index in [2.05, 4.69) is 52.2 Å². The first-order valence-corrected chi connectivity index (χ1v) is 30.2. The first-order chi connectivity index (χ1) is 43.5. The zero-order valence-electron chi connectivity index (χ0n) is 50.9. The monoisotopic (exact) mass is 1270 g/mol. The Kier molecular flexibility index (Phi) is 29.8. The molecule has 0 radical (unpaired) electrons. The van der Waals surface area contributed by atoms with E-state index in [9.17, 15) is 58.5 Å². The lowest BCUT2D eigenvalue weighted by Crippen LogP contribution is -2.60. The van der Waals surface area contributed by atoms with Crippen molar-refractivity contribution < 1.29 is 58.5 Å². The van der Waals surface area contributed by atoms with Crippen LogP contribution in [0.3, 0.4) is 0 Å². The predicted molar refractivity (Wildman–Crippen MR) is 338 cm³/mol. The number of amides is 8. The number of likely N-dealkylation sites (tertiary alicyclic amines) is 2. The average molecular weight is 1270 g/mol. The maximum absolute atomic E-state index is 14.4. The van der Waals surface area contributed by atoms with E-state index in [-0.39, 0.29) is 115 Å². The number of β-amino-alcohol motifs (C(OH)–C–C–N with tert-alkyl or cyclic N) is 1. The van der Waals surface area contributed by atoms with E-state index in [1.807, 2.05) is 30.3 Å². The molecule has 496 valence electrons. The van der Waals surface area contributed by atoms with Crippen molar-refractivity contribution in [2.24, 2.45) is 55.1 Å². The molecule has 3 aromatic carbocycles. The minimum atomic E-state index is -1.67. The van der Waals surface area contributed by atoms with E-state index in [1.165, 1.54) is 4.90 Å². The summed E-state index contributed by atoms with van der Waals surface area (Å²) in [4.78, 5) is 139. The third-order valence-electron chi connectivity index (χ3n) is 15.2. The van der Waals surface area contributed by atoms with Gasteiger partial charge in [-0.15, -0.1) is 0 Å². The number of hydrogen-bond donors (Lipinski definition) is 17. The number of aliphatic hydroxyl groups is 2. The molecule has 31 heteroatoms. The fraction of sp³-hybridized carbons (Fsp3) is 0.500. The molecule has 0 saturated carbocycles. The van der Waals surface area contributed by atoms with Gasteiger partial charge in [-0.3, -0.25) is 58.1 Å². The first kappa shape index (κ1) is 72.3. The smallest absolute Gasteiger partial charge is 0.320 e. The number of carbonyl (C=O) groups is 9. The number of aliphatic carboxylic acids is 1. The summed E-state index contributed by atoms with van der Waals surface area (Å²) in [5, 5.41) is 50.5. The topological polar surface area (TPSA) is 524 Å². The van der Waals surface area contributed by atoms with Crippen LogP contribution in [0, 0.1) is 0 Å². The van der Waals surface area contributed by atoms with Gasteiger partial charge in [0.2, 0.25) is 47.3 Å². The third-order valence-corrected chi connectivity index (χ3v) is 15.2. The second-order valence-electron chi connectivity index (χ2n) is 22.3. The van der Waals surface area contributed by atoms with Crippen molar-refractivity contribution in [3.63, 3.8) is 0 Å². The molecular weight excluding hydrogens is 1180 g/mol. The van der Waals surface area contributed by atoms with E-state index in [4.69, 9.17) is 40.1 Å². The number of nitrogens with zero attached hydrogens (tertiary/aromatic N) is 5. The predicted octanol–water partition coefficient (Wildman–Crippen LogP) is -5.27. The summed E-state index contributed by atoms with van der Waals surface area (Å²) >= 11 is 0. The molecule has 0 aromatic heterocycles. The summed E-state index contributed by atoms with van der Waals surface area (Å²) in [5.74, 6) is -7.67. The van der Waals surface area contributed by atoms with Gasteiger partial charge in [-0.1, -0.05) is 91.0 Å². The SMILES string of the molecule is NC(N)=NCCC[C@@H](N)C(=O)N[C@@H](CCCN=C(N)N)C(=O)N1CCC[C@H]1C(=O)N1C[C@H](O)C[C@H]1C(=O)NCC(=O)N[C@@H](Cc1ccccc1)C(=O)N[C@@H](CO)C(=O)N[C@H](Cc1ccccc1)C(=O)N[C@H](CN[C@@H](CCCN=C(N)N)C(=O)O)Cc1ccccc1. The minimum Gasteiger partial charge on any atom is -0.480 e. The van der Waals surface area contributed by atoms with Gasteiger partial charge in [-0.25, -0.2) is 0 Å². The number of carboxylic acids is 1. The van der Waals surface area contributed by atoms with Crippen LogP contribution < -0.4 is 77.4 Å². The summed E-state index contributed by atoms with van der Waals surface area (Å²) in [7, 11) is 0. The highest BCUT2D eigenvalue weighted by atomic mass is 16.4. The number of aliphatic imine (C=N–C) groups is 3. The molecule has 2 fully saturated rings. The minimum absolute atomic E-state index is 0.0104. The molecule has 31 nitrogen and oxygen atoms in total. The number of benzene rings is 3. The molecule has 2 heterocycles. The number of guanidine groups is 3. The summed E-state index contributed by atoms with van der Waals surface area (Å²) in [5.41, 5.74) is 40.8. The van der Waals surface area contributed by atoms with E-state index in [0.717, 1.165) is 10.5 Å². The van der Waals surface area contributed by atoms with Crippen LogP contribution in [0.4, 0.5) is 0 Å². The van der Waals surface area contributed by atoms with Crippen molar-refractivity contribution >= 4 is 71.1 Å². The molecule has 2 aliphatic heterocycles. The molecule has 8 amide bonds. The highest BCUT2D eigenvalue weighted by Crippen LogP contribution is 2.27. The number of aliphatic hydroxyl groups excluding tert-OH is 2. The normalized spacial score (nSPS) is 17.5. The molecule has 91 heavy (non-hydrogen) atoms. The van der Waals surface area contributed by atoms with Gasteiger partial charge in [0.1, 0.15) is 42.3 Å². The second-order valence-corrected chi connectivity index (χ2v) is 22.3. The van der Waals surface area contributed by atoms with Crippen LogP contribution in [-0.2, 0) is 62.4 Å². The third kappa shape index (κ3) is 24.8. The Morgan fingerprint density at radius 3 is 1.56 bits per heavy atom. The molecule has 0 unspecified atom stereocenters. The van der Waals surface area contributed by atoms with Gasteiger partial charge in [-0.05, 0) is 74.5 Å². The Bertz CT molecular complexity index is 2970. The summed E-state index contributed by atoms with van der Waals surface area (Å²) in [6.07, 6.45) is 0.664. The van der Waals surface area contributed by atoms with Crippen LogP contribution in [0.15, 0.2) is 106 Å². The van der Waals surface area contributed by atoms with Gasteiger partial charge in [-0.2, -0.15) is 0 Å². The van der Waals surface area contributed by atoms with Gasteiger partial charge in [0.25, 0.3) is 0 Å². The van der Waals surface area contributed by atoms with Crippen LogP contribution in [-0.4, -0.2) is 209 Å². The van der Waals surface area contributed by atoms with Crippen LogP contribution >= 0.6 is 0 Å². The molecule has 3 aromatic rings. The van der Waals surface area contributed by atoms with E-state index in [1.54, 1.807) is 60.7 Å². The largest absolute Gasteiger partial charge is 0.480 e. The van der Waals surface area contributed by atoms with Gasteiger partial charge < -0.3 is 102 Å². The Hall–Kier alpha value is -9.46. The Morgan fingerprint density at radius 2 is 1.03 bits per heavy atom. The number of carboxylic acid groups (broad SMARTS) is 1. The van der Waals surface area contributed by atoms with Crippen molar-refractivity contribution in [3.05, 3.63) is 108 Å². The zero-order chi connectivity index (χ0) is 66.4. The highest BCUT2D eigenvalue weighted by molar-refractivity contribution is 5.98. The molecular formula is C60H89N19O12. The fourth-order valence-corrected chi connectivity index (χ4v) is 10.5. The van der Waals surface area contributed by atoms with Gasteiger partial charge in [0, 0.05) is 64.6 Å². The van der Waals surface area contributed by atoms with Crippen molar-refractivity contribution in [2.75, 3.05) is 52.4 Å². The van der Waals surface area contributed by atoms with Crippen LogP contribution in [0.2, 0.25) is 0 Å². The molecule has 0 bridgehead atoms. The number of nitrogens with two attached hydrogens (primary N) is 7. The quantitative estimate of drug-likeness (QED) is 0.0146. The maximum atomic E-state index is 14.4. The molecule has 24 N–H and O–H groups in total. The van der Waals surface area contributed by atoms with Crippen LogP contribution in [0.1, 0.15) is 74.5 Å². The first-order valence-electron chi connectivity index (χ1n) is 30.2. The van der Waals surface area contributed by atoms with E-state index >= 15 is 0 Å². The van der Waals surface area contributed by atoms with Crippen LogP contribution in [0.25, 0.3) is 0 Å². The fourth-order valence-electron chi connectivity index (χ4n) is 10.5. The van der Waals surface area contributed by atoms with Gasteiger partial charge in [0.15, 0.2) is 17.9 Å². The van der Waals surface area contributed by atoms with E-state index < -0.39 is 127 Å². The molecule has 5 rings (SSSR count). The molecule has 2 saturated heterocycles. The van der Waals surface area contributed by atoms with Crippen LogP contribution in [0.5, 0.6) is 0 Å².